The van der Waals surface area contributed by atoms with Gasteiger partial charge in [0.15, 0.2) is 5.03 Å². The van der Waals surface area contributed by atoms with Crippen molar-refractivity contribution in [2.75, 3.05) is 6.61 Å². The number of hydrogen-bond donors (Lipinski definition) is 1. The van der Waals surface area contributed by atoms with E-state index in [-0.39, 0.29) is 11.4 Å². The maximum atomic E-state index is 12.2. The topological polar surface area (TPSA) is 128 Å². The Labute approximate surface area is 127 Å². The summed E-state index contributed by atoms with van der Waals surface area (Å²) in [7, 11) is -4.16. The van der Waals surface area contributed by atoms with Gasteiger partial charge in [-0.05, 0) is 31.9 Å². The van der Waals surface area contributed by atoms with Crippen LogP contribution < -0.4 is 4.72 Å². The molecule has 0 saturated carbocycles. The van der Waals surface area contributed by atoms with Crippen LogP contribution in [0.15, 0.2) is 23.4 Å². The summed E-state index contributed by atoms with van der Waals surface area (Å²) < 4.78 is 26.3. The number of nitrogens with zero attached hydrogens (tertiary/aromatic N) is 2. The van der Waals surface area contributed by atoms with E-state index in [1.165, 1.54) is 13.1 Å². The number of rotatable bonds is 7. The van der Waals surface area contributed by atoms with Gasteiger partial charge in [0.2, 0.25) is 5.91 Å². The fourth-order valence-corrected chi connectivity index (χ4v) is 2.85. The van der Waals surface area contributed by atoms with Crippen molar-refractivity contribution >= 4 is 15.9 Å². The second-order valence-electron chi connectivity index (χ2n) is 4.97. The second-order valence-corrected chi connectivity index (χ2v) is 6.57. The molecule has 0 aliphatic carbocycles. The second kappa shape index (κ2) is 6.69. The quantitative estimate of drug-likeness (QED) is 0.578. The summed E-state index contributed by atoms with van der Waals surface area (Å²) in [5, 5.41) is 8.96. The SMILES string of the molecule is CCC(C)(CO[N+](=O)[O-])C(=O)NS(=O)(=O)c1ncccc1C. The molecule has 1 aromatic heterocycles. The Morgan fingerprint density at radius 1 is 1.55 bits per heavy atom. The summed E-state index contributed by atoms with van der Waals surface area (Å²) >= 11 is 0. The first-order chi connectivity index (χ1) is 10.1. The first-order valence-electron chi connectivity index (χ1n) is 6.38. The van der Waals surface area contributed by atoms with Gasteiger partial charge in [0, 0.05) is 6.20 Å². The third-order valence-electron chi connectivity index (χ3n) is 3.26. The summed E-state index contributed by atoms with van der Waals surface area (Å²) in [6, 6.07) is 3.11. The van der Waals surface area contributed by atoms with Gasteiger partial charge in [0.1, 0.15) is 6.61 Å². The summed E-state index contributed by atoms with van der Waals surface area (Å²) in [6.45, 7) is 3.98. The molecule has 0 fully saturated rings. The zero-order valence-electron chi connectivity index (χ0n) is 12.4. The van der Waals surface area contributed by atoms with Crippen molar-refractivity contribution in [2.24, 2.45) is 5.41 Å². The molecule has 0 bridgehead atoms. The lowest BCUT2D eigenvalue weighted by molar-refractivity contribution is -0.760. The maximum Gasteiger partial charge on any atom is 0.294 e. The van der Waals surface area contributed by atoms with Crippen LogP contribution in [-0.2, 0) is 19.7 Å². The zero-order valence-corrected chi connectivity index (χ0v) is 13.2. The average Bonchev–Trinajstić information content (AvgIpc) is 2.44. The first kappa shape index (κ1) is 17.8. The minimum absolute atomic E-state index is 0.156. The first-order valence-corrected chi connectivity index (χ1v) is 7.87. The highest BCUT2D eigenvalue weighted by Gasteiger charge is 2.36. The van der Waals surface area contributed by atoms with Crippen molar-refractivity contribution in [3.8, 4) is 0 Å². The van der Waals surface area contributed by atoms with Crippen LogP contribution in [0.2, 0.25) is 0 Å². The maximum absolute atomic E-state index is 12.2. The standard InChI is InChI=1S/C12H17N3O6S/c1-4-12(3,8-21-15(17)18)11(16)14-22(19,20)10-9(2)6-5-7-13-10/h5-7H,4,8H2,1-3H3,(H,14,16). The largest absolute Gasteiger partial charge is 0.313 e. The van der Waals surface area contributed by atoms with Crippen LogP contribution in [0.5, 0.6) is 0 Å². The minimum atomic E-state index is -4.16. The lowest BCUT2D eigenvalue weighted by Crippen LogP contribution is -2.45. The van der Waals surface area contributed by atoms with Crippen molar-refractivity contribution in [3.05, 3.63) is 34.0 Å². The highest BCUT2D eigenvalue weighted by Crippen LogP contribution is 2.23. The Morgan fingerprint density at radius 2 is 2.18 bits per heavy atom. The van der Waals surface area contributed by atoms with Gasteiger partial charge in [-0.15, -0.1) is 10.1 Å². The fourth-order valence-electron chi connectivity index (χ4n) is 1.57. The molecule has 1 rings (SSSR count). The number of carbonyl (C=O) groups excluding carboxylic acids is 1. The number of amides is 1. The molecule has 1 amide bonds. The van der Waals surface area contributed by atoms with Crippen LogP contribution in [0.25, 0.3) is 0 Å². The molecular weight excluding hydrogens is 314 g/mol. The summed E-state index contributed by atoms with van der Waals surface area (Å²) in [4.78, 5) is 30.4. The number of nitrogens with one attached hydrogen (secondary N) is 1. The van der Waals surface area contributed by atoms with Gasteiger partial charge in [-0.3, -0.25) is 4.79 Å². The predicted molar refractivity (Wildman–Crippen MR) is 75.6 cm³/mol. The third kappa shape index (κ3) is 4.13. The van der Waals surface area contributed by atoms with E-state index in [0.29, 0.717) is 5.56 Å². The van der Waals surface area contributed by atoms with Gasteiger partial charge >= 0.3 is 0 Å². The molecule has 10 heteroatoms. The van der Waals surface area contributed by atoms with E-state index in [4.69, 9.17) is 0 Å². The van der Waals surface area contributed by atoms with Gasteiger partial charge < -0.3 is 4.84 Å². The molecular formula is C12H17N3O6S. The highest BCUT2D eigenvalue weighted by molar-refractivity contribution is 7.90. The van der Waals surface area contributed by atoms with Crippen LogP contribution >= 0.6 is 0 Å². The highest BCUT2D eigenvalue weighted by atomic mass is 32.2. The van der Waals surface area contributed by atoms with Gasteiger partial charge in [-0.25, -0.2) is 9.71 Å². The number of pyridine rings is 1. The van der Waals surface area contributed by atoms with Gasteiger partial charge in [-0.2, -0.15) is 8.42 Å². The molecule has 0 aromatic carbocycles. The van der Waals surface area contributed by atoms with Crippen molar-refractivity contribution in [3.63, 3.8) is 0 Å². The van der Waals surface area contributed by atoms with E-state index in [2.05, 4.69) is 9.82 Å². The molecule has 122 valence electrons. The van der Waals surface area contributed by atoms with E-state index in [1.807, 2.05) is 4.72 Å². The van der Waals surface area contributed by atoms with E-state index in [0.717, 1.165) is 0 Å². The monoisotopic (exact) mass is 331 g/mol. The van der Waals surface area contributed by atoms with Crippen LogP contribution in [-0.4, -0.2) is 31.0 Å². The number of aromatic nitrogens is 1. The van der Waals surface area contributed by atoms with Crippen LogP contribution in [0.1, 0.15) is 25.8 Å². The predicted octanol–water partition coefficient (Wildman–Crippen LogP) is 0.820. The van der Waals surface area contributed by atoms with E-state index in [9.17, 15) is 23.3 Å². The van der Waals surface area contributed by atoms with Crippen molar-refractivity contribution in [1.82, 2.24) is 9.71 Å². The Bertz CT molecular complexity index is 675. The molecule has 0 saturated heterocycles. The normalized spacial score (nSPS) is 14.0. The van der Waals surface area contributed by atoms with Gasteiger partial charge in [0.25, 0.3) is 15.1 Å². The third-order valence-corrected chi connectivity index (χ3v) is 4.65. The number of hydrogen-bond acceptors (Lipinski definition) is 7. The lowest BCUT2D eigenvalue weighted by Gasteiger charge is -2.25. The molecule has 0 aliphatic heterocycles. The molecule has 1 N–H and O–H groups in total. The number of carbonyl (C=O) groups is 1. The molecule has 1 aromatic rings. The van der Waals surface area contributed by atoms with Gasteiger partial charge in [0.05, 0.1) is 5.41 Å². The van der Waals surface area contributed by atoms with E-state index in [1.54, 1.807) is 26.0 Å². The Hall–Kier alpha value is -2.23. The molecule has 0 spiro atoms. The average molecular weight is 331 g/mol. The molecule has 1 heterocycles. The van der Waals surface area contributed by atoms with Crippen molar-refractivity contribution in [1.29, 1.82) is 0 Å². The summed E-state index contributed by atoms with van der Waals surface area (Å²) in [5.41, 5.74) is -0.981. The van der Waals surface area contributed by atoms with Crippen molar-refractivity contribution in [2.45, 2.75) is 32.2 Å². The summed E-state index contributed by atoms with van der Waals surface area (Å²) in [5.74, 6) is -0.887. The number of aryl methyl sites for hydroxylation is 1. The molecule has 1 atom stereocenters. The Kier molecular flexibility index (Phi) is 5.42. The van der Waals surface area contributed by atoms with E-state index >= 15 is 0 Å². The van der Waals surface area contributed by atoms with Crippen LogP contribution in [0.3, 0.4) is 0 Å². The molecule has 0 radical (unpaired) electrons. The van der Waals surface area contributed by atoms with E-state index < -0.39 is 33.0 Å². The van der Waals surface area contributed by atoms with Crippen LogP contribution in [0.4, 0.5) is 0 Å². The molecule has 1 unspecified atom stereocenters. The molecule has 22 heavy (non-hydrogen) atoms. The fraction of sp³-hybridized carbons (Fsp3) is 0.500. The smallest absolute Gasteiger partial charge is 0.294 e. The summed E-state index contributed by atoms with van der Waals surface area (Å²) in [6.07, 6.45) is 1.45. The van der Waals surface area contributed by atoms with Crippen molar-refractivity contribution < 1.29 is 23.1 Å². The number of sulfonamides is 1. The van der Waals surface area contributed by atoms with Crippen LogP contribution in [0, 0.1) is 22.5 Å². The van der Waals surface area contributed by atoms with Gasteiger partial charge in [-0.1, -0.05) is 13.0 Å². The minimum Gasteiger partial charge on any atom is -0.313 e. The molecule has 0 aliphatic rings. The Balaban J connectivity index is 2.99. The lowest BCUT2D eigenvalue weighted by atomic mass is 9.88. The zero-order chi connectivity index (χ0) is 17.0. The molecule has 9 nitrogen and oxygen atoms in total. The Morgan fingerprint density at radius 3 is 2.68 bits per heavy atom.